The number of carbonyl (C=O) groups excluding carboxylic acids is 1. The number of amides is 2. The number of nitrogens with zero attached hydrogens (tertiary/aromatic N) is 1. The van der Waals surface area contributed by atoms with Crippen LogP contribution in [0.5, 0.6) is 0 Å². The van der Waals surface area contributed by atoms with E-state index in [-0.39, 0.29) is 11.1 Å². The quantitative estimate of drug-likeness (QED) is 0.905. The van der Waals surface area contributed by atoms with Gasteiger partial charge in [0.1, 0.15) is 5.82 Å². The smallest absolute Gasteiger partial charge is 0.321 e. The van der Waals surface area contributed by atoms with Gasteiger partial charge in [0.15, 0.2) is 0 Å². The van der Waals surface area contributed by atoms with E-state index in [1.165, 1.54) is 18.2 Å². The number of hydrogen-bond donors (Lipinski definition) is 1. The van der Waals surface area contributed by atoms with Crippen LogP contribution in [0, 0.1) is 5.82 Å². The number of thiophene rings is 1. The lowest BCUT2D eigenvalue weighted by molar-refractivity contribution is 0.221. The molecule has 0 saturated heterocycles. The molecule has 0 spiro atoms. The second-order valence-corrected chi connectivity index (χ2v) is 5.23. The van der Waals surface area contributed by atoms with Gasteiger partial charge in [0, 0.05) is 19.3 Å². The molecule has 19 heavy (non-hydrogen) atoms. The Kier molecular flexibility index (Phi) is 4.39. The van der Waals surface area contributed by atoms with Gasteiger partial charge in [-0.3, -0.25) is 0 Å². The van der Waals surface area contributed by atoms with E-state index < -0.39 is 5.82 Å². The van der Waals surface area contributed by atoms with Crippen LogP contribution in [0.2, 0.25) is 5.02 Å². The van der Waals surface area contributed by atoms with E-state index in [0.717, 1.165) is 5.56 Å². The van der Waals surface area contributed by atoms with Gasteiger partial charge in [-0.25, -0.2) is 9.18 Å². The first-order valence-electron chi connectivity index (χ1n) is 5.54. The molecule has 0 unspecified atom stereocenters. The Morgan fingerprint density at radius 2 is 2.26 bits per heavy atom. The normalized spacial score (nSPS) is 10.3. The van der Waals surface area contributed by atoms with E-state index in [4.69, 9.17) is 11.6 Å². The highest BCUT2D eigenvalue weighted by atomic mass is 35.5. The predicted molar refractivity (Wildman–Crippen MR) is 76.2 cm³/mol. The first-order valence-corrected chi connectivity index (χ1v) is 6.86. The zero-order valence-electron chi connectivity index (χ0n) is 10.2. The second-order valence-electron chi connectivity index (χ2n) is 4.05. The molecule has 0 radical (unpaired) electrons. The van der Waals surface area contributed by atoms with Crippen LogP contribution in [0.3, 0.4) is 0 Å². The monoisotopic (exact) mass is 298 g/mol. The Morgan fingerprint density at radius 1 is 1.47 bits per heavy atom. The molecule has 1 aromatic heterocycles. The molecule has 0 saturated carbocycles. The van der Waals surface area contributed by atoms with Crippen LogP contribution < -0.4 is 5.32 Å². The first-order chi connectivity index (χ1) is 9.06. The van der Waals surface area contributed by atoms with Crippen LogP contribution in [-0.2, 0) is 6.54 Å². The molecule has 2 amide bonds. The van der Waals surface area contributed by atoms with Crippen molar-refractivity contribution in [3.8, 4) is 0 Å². The number of carbonyl (C=O) groups is 1. The SMILES string of the molecule is CN(Cc1ccsc1)C(=O)Nc1ccc(F)c(Cl)c1. The molecule has 0 aliphatic rings. The fraction of sp³-hybridized carbons (Fsp3) is 0.154. The molecule has 3 nitrogen and oxygen atoms in total. The maximum atomic E-state index is 13.0. The Labute approximate surface area is 119 Å². The third kappa shape index (κ3) is 3.68. The van der Waals surface area contributed by atoms with Crippen molar-refractivity contribution >= 4 is 34.7 Å². The van der Waals surface area contributed by atoms with Crippen molar-refractivity contribution in [2.45, 2.75) is 6.54 Å². The topological polar surface area (TPSA) is 32.3 Å². The Bertz CT molecular complexity index is 574. The number of rotatable bonds is 3. The van der Waals surface area contributed by atoms with Gasteiger partial charge in [0.25, 0.3) is 0 Å². The van der Waals surface area contributed by atoms with Crippen molar-refractivity contribution < 1.29 is 9.18 Å². The number of hydrogen-bond acceptors (Lipinski definition) is 2. The fourth-order valence-corrected chi connectivity index (χ4v) is 2.36. The molecule has 1 heterocycles. The lowest BCUT2D eigenvalue weighted by Gasteiger charge is -2.17. The third-order valence-electron chi connectivity index (χ3n) is 2.52. The minimum Gasteiger partial charge on any atom is -0.323 e. The van der Waals surface area contributed by atoms with E-state index in [2.05, 4.69) is 5.32 Å². The highest BCUT2D eigenvalue weighted by Crippen LogP contribution is 2.19. The molecule has 2 aromatic rings. The van der Waals surface area contributed by atoms with Gasteiger partial charge >= 0.3 is 6.03 Å². The van der Waals surface area contributed by atoms with Gasteiger partial charge in [-0.1, -0.05) is 11.6 Å². The van der Waals surface area contributed by atoms with Gasteiger partial charge < -0.3 is 10.2 Å². The number of benzene rings is 1. The summed E-state index contributed by atoms with van der Waals surface area (Å²) in [5, 5.41) is 6.59. The number of urea groups is 1. The maximum absolute atomic E-state index is 13.0. The lowest BCUT2D eigenvalue weighted by Crippen LogP contribution is -2.30. The molecule has 0 fully saturated rings. The van der Waals surface area contributed by atoms with Gasteiger partial charge in [0.05, 0.1) is 5.02 Å². The van der Waals surface area contributed by atoms with Gasteiger partial charge in [-0.15, -0.1) is 0 Å². The summed E-state index contributed by atoms with van der Waals surface area (Å²) in [6.07, 6.45) is 0. The van der Waals surface area contributed by atoms with Crippen LogP contribution in [0.1, 0.15) is 5.56 Å². The average molecular weight is 299 g/mol. The van der Waals surface area contributed by atoms with E-state index in [0.29, 0.717) is 12.2 Å². The summed E-state index contributed by atoms with van der Waals surface area (Å²) in [4.78, 5) is 13.5. The summed E-state index contributed by atoms with van der Waals surface area (Å²) in [7, 11) is 1.69. The van der Waals surface area contributed by atoms with E-state index in [1.807, 2.05) is 16.8 Å². The summed E-state index contributed by atoms with van der Waals surface area (Å²) in [5.41, 5.74) is 1.54. The van der Waals surface area contributed by atoms with Crippen LogP contribution in [-0.4, -0.2) is 18.0 Å². The minimum atomic E-state index is -0.508. The third-order valence-corrected chi connectivity index (χ3v) is 3.54. The van der Waals surface area contributed by atoms with E-state index in [1.54, 1.807) is 23.3 Å². The van der Waals surface area contributed by atoms with Crippen molar-refractivity contribution in [1.82, 2.24) is 4.90 Å². The van der Waals surface area contributed by atoms with Crippen molar-refractivity contribution in [2.75, 3.05) is 12.4 Å². The second kappa shape index (κ2) is 6.04. The van der Waals surface area contributed by atoms with Crippen molar-refractivity contribution in [3.05, 3.63) is 51.4 Å². The zero-order chi connectivity index (χ0) is 13.8. The molecule has 1 aromatic carbocycles. The van der Waals surface area contributed by atoms with E-state index in [9.17, 15) is 9.18 Å². The Hall–Kier alpha value is -1.59. The lowest BCUT2D eigenvalue weighted by atomic mass is 10.3. The Morgan fingerprint density at radius 3 is 2.89 bits per heavy atom. The van der Waals surface area contributed by atoms with Crippen LogP contribution >= 0.6 is 22.9 Å². The van der Waals surface area contributed by atoms with Crippen LogP contribution in [0.25, 0.3) is 0 Å². The van der Waals surface area contributed by atoms with Gasteiger partial charge in [0.2, 0.25) is 0 Å². The fourth-order valence-electron chi connectivity index (χ4n) is 1.52. The summed E-state index contributed by atoms with van der Waals surface area (Å²) in [5.74, 6) is -0.508. The average Bonchev–Trinajstić information content (AvgIpc) is 2.86. The molecular weight excluding hydrogens is 287 g/mol. The summed E-state index contributed by atoms with van der Waals surface area (Å²) >= 11 is 7.24. The number of halogens is 2. The molecule has 0 aliphatic heterocycles. The first kappa shape index (κ1) is 13.8. The van der Waals surface area contributed by atoms with Crippen LogP contribution in [0.4, 0.5) is 14.9 Å². The highest BCUT2D eigenvalue weighted by molar-refractivity contribution is 7.07. The highest BCUT2D eigenvalue weighted by Gasteiger charge is 2.10. The largest absolute Gasteiger partial charge is 0.323 e. The predicted octanol–water partition coefficient (Wildman–Crippen LogP) is 4.20. The molecule has 6 heteroatoms. The molecule has 0 atom stereocenters. The molecular formula is C13H12ClFN2OS. The molecule has 0 aliphatic carbocycles. The van der Waals surface area contributed by atoms with Crippen molar-refractivity contribution in [3.63, 3.8) is 0 Å². The summed E-state index contributed by atoms with van der Waals surface area (Å²) < 4.78 is 13.0. The summed E-state index contributed by atoms with van der Waals surface area (Å²) in [6, 6.07) is 5.76. The van der Waals surface area contributed by atoms with Crippen LogP contribution in [0.15, 0.2) is 35.0 Å². The molecule has 1 N–H and O–H groups in total. The minimum absolute atomic E-state index is 0.0155. The number of anilines is 1. The standard InChI is InChI=1S/C13H12ClFN2OS/c1-17(7-9-4-5-19-8-9)13(18)16-10-2-3-12(15)11(14)6-10/h2-6,8H,7H2,1H3,(H,16,18). The zero-order valence-corrected chi connectivity index (χ0v) is 11.8. The maximum Gasteiger partial charge on any atom is 0.321 e. The van der Waals surface area contributed by atoms with Crippen molar-refractivity contribution in [1.29, 1.82) is 0 Å². The molecule has 0 bridgehead atoms. The number of nitrogens with one attached hydrogen (secondary N) is 1. The molecule has 2 rings (SSSR count). The van der Waals surface area contributed by atoms with Crippen molar-refractivity contribution in [2.24, 2.45) is 0 Å². The van der Waals surface area contributed by atoms with E-state index >= 15 is 0 Å². The molecule has 100 valence electrons. The summed E-state index contributed by atoms with van der Waals surface area (Å²) in [6.45, 7) is 0.518. The Balaban J connectivity index is 1.98. The van der Waals surface area contributed by atoms with Gasteiger partial charge in [-0.05, 0) is 40.6 Å². The van der Waals surface area contributed by atoms with Gasteiger partial charge in [-0.2, -0.15) is 11.3 Å².